The van der Waals surface area contributed by atoms with Gasteiger partial charge in [-0.15, -0.1) is 0 Å². The molecule has 8 nitrogen and oxygen atoms in total. The molecule has 0 aliphatic carbocycles. The first-order valence-corrected chi connectivity index (χ1v) is 14.3. The maximum absolute atomic E-state index is 12.7. The van der Waals surface area contributed by atoms with E-state index in [-0.39, 0.29) is 20.6 Å². The molecule has 2 N–H and O–H groups in total. The predicted molar refractivity (Wildman–Crippen MR) is 140 cm³/mol. The van der Waals surface area contributed by atoms with Crippen molar-refractivity contribution < 1.29 is 21.6 Å². The molecule has 0 atom stereocenters. The van der Waals surface area contributed by atoms with E-state index >= 15 is 0 Å². The summed E-state index contributed by atoms with van der Waals surface area (Å²) in [7, 11) is -7.71. The molecule has 3 aromatic rings. The van der Waals surface area contributed by atoms with Gasteiger partial charge in [0.2, 0.25) is 15.9 Å². The zero-order valence-corrected chi connectivity index (χ0v) is 22.2. The Morgan fingerprint density at radius 3 is 2.20 bits per heavy atom. The average molecular weight is 556 g/mol. The monoisotopic (exact) mass is 555 g/mol. The molecule has 0 aliphatic rings. The Balaban J connectivity index is 1.75. The molecule has 0 unspecified atom stereocenters. The van der Waals surface area contributed by atoms with E-state index in [0.29, 0.717) is 16.9 Å². The number of halogens is 2. The Kier molecular flexibility index (Phi) is 8.00. The van der Waals surface area contributed by atoms with Gasteiger partial charge in [-0.25, -0.2) is 16.8 Å². The van der Waals surface area contributed by atoms with Gasteiger partial charge in [-0.05, 0) is 61.9 Å². The molecule has 0 fully saturated rings. The van der Waals surface area contributed by atoms with Crippen molar-refractivity contribution in [2.75, 3.05) is 27.1 Å². The summed E-state index contributed by atoms with van der Waals surface area (Å²) in [5.74, 6) is -0.588. The molecule has 0 saturated carbocycles. The highest BCUT2D eigenvalue weighted by atomic mass is 35.5. The Bertz CT molecular complexity index is 1480. The zero-order chi connectivity index (χ0) is 26.0. The molecule has 0 aliphatic heterocycles. The fraction of sp³-hybridized carbons (Fsp3) is 0.174. The number of anilines is 3. The third-order valence-corrected chi connectivity index (χ3v) is 8.28. The summed E-state index contributed by atoms with van der Waals surface area (Å²) in [5, 5.41) is 2.86. The molecule has 0 heterocycles. The SMILES string of the molecule is Cc1ccc(N(CC(=O)Nc2ccc(S(=O)(=O)Nc3cccc(Cl)c3Cl)cc2)S(C)(=O)=O)c(C)c1. The molecule has 3 rings (SSSR count). The number of nitrogens with one attached hydrogen (secondary N) is 2. The van der Waals surface area contributed by atoms with Crippen LogP contribution in [0.4, 0.5) is 17.1 Å². The highest BCUT2D eigenvalue weighted by Gasteiger charge is 2.23. The minimum absolute atomic E-state index is 0.0698. The lowest BCUT2D eigenvalue weighted by Gasteiger charge is -2.24. The number of benzene rings is 3. The number of hydrogen-bond donors (Lipinski definition) is 2. The van der Waals surface area contributed by atoms with E-state index in [1.807, 2.05) is 13.0 Å². The van der Waals surface area contributed by atoms with Crippen LogP contribution < -0.4 is 14.3 Å². The number of rotatable bonds is 8. The van der Waals surface area contributed by atoms with Gasteiger partial charge in [0.05, 0.1) is 32.6 Å². The molecule has 12 heteroatoms. The smallest absolute Gasteiger partial charge is 0.261 e. The first-order valence-electron chi connectivity index (χ1n) is 10.2. The summed E-state index contributed by atoms with van der Waals surface area (Å²) in [6, 6.07) is 15.2. The number of carbonyl (C=O) groups excluding carboxylic acids is 1. The van der Waals surface area contributed by atoms with Gasteiger partial charge in [0.1, 0.15) is 6.54 Å². The molecule has 0 radical (unpaired) electrons. The van der Waals surface area contributed by atoms with Gasteiger partial charge in [-0.3, -0.25) is 13.8 Å². The Morgan fingerprint density at radius 1 is 0.943 bits per heavy atom. The number of sulfonamides is 2. The first-order chi connectivity index (χ1) is 16.3. The Labute approximate surface area is 215 Å². The van der Waals surface area contributed by atoms with E-state index in [1.165, 1.54) is 36.4 Å². The summed E-state index contributed by atoms with van der Waals surface area (Å²) in [5.41, 5.74) is 2.50. The van der Waals surface area contributed by atoms with Crippen LogP contribution in [0.15, 0.2) is 65.6 Å². The lowest BCUT2D eigenvalue weighted by molar-refractivity contribution is -0.114. The van der Waals surface area contributed by atoms with Gasteiger partial charge in [-0.2, -0.15) is 0 Å². The van der Waals surface area contributed by atoms with E-state index < -0.39 is 32.5 Å². The third-order valence-electron chi connectivity index (χ3n) is 4.95. The molecular weight excluding hydrogens is 533 g/mol. The van der Waals surface area contributed by atoms with Crippen molar-refractivity contribution in [1.82, 2.24) is 0 Å². The van der Waals surface area contributed by atoms with Crippen molar-refractivity contribution in [1.29, 1.82) is 0 Å². The van der Waals surface area contributed by atoms with Gasteiger partial charge in [0.25, 0.3) is 10.0 Å². The molecular formula is C23H23Cl2N3O5S2. The molecule has 0 saturated heterocycles. The van der Waals surface area contributed by atoms with Gasteiger partial charge in [0.15, 0.2) is 0 Å². The Morgan fingerprint density at radius 2 is 1.60 bits per heavy atom. The molecule has 0 aromatic heterocycles. The molecule has 35 heavy (non-hydrogen) atoms. The molecule has 1 amide bonds. The fourth-order valence-electron chi connectivity index (χ4n) is 3.30. The summed E-state index contributed by atoms with van der Waals surface area (Å²) in [4.78, 5) is 12.6. The van der Waals surface area contributed by atoms with E-state index in [0.717, 1.165) is 16.1 Å². The zero-order valence-electron chi connectivity index (χ0n) is 19.0. The number of amides is 1. The first kappa shape index (κ1) is 26.8. The van der Waals surface area contributed by atoms with Crippen LogP contribution in [0.25, 0.3) is 0 Å². The minimum Gasteiger partial charge on any atom is -0.325 e. The second-order valence-electron chi connectivity index (χ2n) is 7.84. The van der Waals surface area contributed by atoms with Crippen LogP contribution in [0.3, 0.4) is 0 Å². The van der Waals surface area contributed by atoms with Crippen LogP contribution in [-0.2, 0) is 24.8 Å². The van der Waals surface area contributed by atoms with E-state index in [9.17, 15) is 21.6 Å². The summed E-state index contributed by atoms with van der Waals surface area (Å²) < 4.78 is 53.5. The second-order valence-corrected chi connectivity index (χ2v) is 12.2. The standard InChI is InChI=1S/C23H23Cl2N3O5S2/c1-15-7-12-21(16(2)13-15)28(34(3,30)31)14-22(29)26-17-8-10-18(11-9-17)35(32,33)27-20-6-4-5-19(24)23(20)25/h4-13,27H,14H2,1-3H3,(H,26,29). The molecule has 186 valence electrons. The molecule has 0 spiro atoms. The number of hydrogen-bond acceptors (Lipinski definition) is 5. The lowest BCUT2D eigenvalue weighted by Crippen LogP contribution is -2.37. The third kappa shape index (κ3) is 6.66. The van der Waals surface area contributed by atoms with Gasteiger partial charge in [-0.1, -0.05) is 47.0 Å². The maximum Gasteiger partial charge on any atom is 0.261 e. The van der Waals surface area contributed by atoms with Crippen molar-refractivity contribution in [3.8, 4) is 0 Å². The van der Waals surface area contributed by atoms with Gasteiger partial charge >= 0.3 is 0 Å². The van der Waals surface area contributed by atoms with E-state index in [2.05, 4.69) is 10.0 Å². The van der Waals surface area contributed by atoms with E-state index in [1.54, 1.807) is 25.1 Å². The van der Waals surface area contributed by atoms with Crippen LogP contribution in [0.5, 0.6) is 0 Å². The van der Waals surface area contributed by atoms with Crippen molar-refractivity contribution in [3.63, 3.8) is 0 Å². The number of nitrogens with zero attached hydrogens (tertiary/aromatic N) is 1. The fourth-order valence-corrected chi connectivity index (χ4v) is 5.69. The largest absolute Gasteiger partial charge is 0.325 e. The normalized spacial score (nSPS) is 11.7. The minimum atomic E-state index is -3.97. The van der Waals surface area contributed by atoms with E-state index in [4.69, 9.17) is 23.2 Å². The summed E-state index contributed by atoms with van der Waals surface area (Å²) in [6.07, 6.45) is 1.03. The van der Waals surface area contributed by atoms with Gasteiger partial charge in [0, 0.05) is 5.69 Å². The van der Waals surface area contributed by atoms with Crippen molar-refractivity contribution >= 4 is 66.2 Å². The second kappa shape index (κ2) is 10.4. The number of carbonyl (C=O) groups is 1. The lowest BCUT2D eigenvalue weighted by atomic mass is 10.1. The molecule has 0 bridgehead atoms. The summed E-state index contributed by atoms with van der Waals surface area (Å²) in [6.45, 7) is 3.21. The number of aryl methyl sites for hydroxylation is 2. The van der Waals surface area contributed by atoms with Crippen molar-refractivity contribution in [3.05, 3.63) is 81.8 Å². The Hall–Kier alpha value is -2.79. The maximum atomic E-state index is 12.7. The topological polar surface area (TPSA) is 113 Å². The van der Waals surface area contributed by atoms with Crippen LogP contribution in [0, 0.1) is 13.8 Å². The van der Waals surface area contributed by atoms with Crippen molar-refractivity contribution in [2.24, 2.45) is 0 Å². The van der Waals surface area contributed by atoms with Crippen molar-refractivity contribution in [2.45, 2.75) is 18.7 Å². The van der Waals surface area contributed by atoms with Crippen LogP contribution >= 0.6 is 23.2 Å². The highest BCUT2D eigenvalue weighted by molar-refractivity contribution is 7.92. The van der Waals surface area contributed by atoms with Crippen LogP contribution in [0.2, 0.25) is 10.0 Å². The quantitative estimate of drug-likeness (QED) is 0.413. The molecule has 3 aromatic carbocycles. The average Bonchev–Trinajstić information content (AvgIpc) is 2.75. The van der Waals surface area contributed by atoms with Gasteiger partial charge < -0.3 is 5.32 Å². The van der Waals surface area contributed by atoms with Crippen LogP contribution in [0.1, 0.15) is 11.1 Å². The predicted octanol–water partition coefficient (Wildman–Crippen LogP) is 4.82. The highest BCUT2D eigenvalue weighted by Crippen LogP contribution is 2.31. The summed E-state index contributed by atoms with van der Waals surface area (Å²) >= 11 is 12.0. The van der Waals surface area contributed by atoms with Crippen LogP contribution in [-0.4, -0.2) is 35.5 Å².